The Morgan fingerprint density at radius 3 is 2.94 bits per heavy atom. The quantitative estimate of drug-likeness (QED) is 0.848. The first-order valence-electron chi connectivity index (χ1n) is 5.01. The van der Waals surface area contributed by atoms with Gasteiger partial charge < -0.3 is 14.6 Å². The molecule has 0 atom stereocenters. The number of ether oxygens (including phenoxy) is 2. The van der Waals surface area contributed by atoms with Gasteiger partial charge >= 0.3 is 0 Å². The molecule has 1 heterocycles. The molecular weight excluding hydrogens is 206 g/mol. The monoisotopic (exact) mass is 219 g/mol. The summed E-state index contributed by atoms with van der Waals surface area (Å²) < 4.78 is 10.5. The molecule has 1 aromatic heterocycles. The number of nitrogens with zero attached hydrogens (tertiary/aromatic N) is 1. The van der Waals surface area contributed by atoms with Crippen LogP contribution in [0.4, 0.5) is 0 Å². The molecule has 2 rings (SSSR count). The molecule has 0 saturated heterocycles. The minimum atomic E-state index is -0.0000289. The molecule has 0 aliphatic rings. The highest BCUT2D eigenvalue weighted by molar-refractivity contribution is 5.85. The van der Waals surface area contributed by atoms with Gasteiger partial charge in [-0.25, -0.2) is 0 Å². The third-order valence-corrected chi connectivity index (χ3v) is 2.26. The normalized spacial score (nSPS) is 10.4. The van der Waals surface area contributed by atoms with Crippen LogP contribution in [0.5, 0.6) is 11.5 Å². The Balaban J connectivity index is 2.43. The van der Waals surface area contributed by atoms with Crippen LogP contribution in [0.3, 0.4) is 0 Å². The van der Waals surface area contributed by atoms with Crippen molar-refractivity contribution >= 4 is 10.9 Å². The van der Waals surface area contributed by atoms with Crippen LogP contribution < -0.4 is 9.47 Å². The molecule has 2 aromatic rings. The molecule has 0 unspecified atom stereocenters. The topological polar surface area (TPSA) is 51.6 Å². The molecule has 84 valence electrons. The van der Waals surface area contributed by atoms with Gasteiger partial charge in [-0.05, 0) is 18.2 Å². The van der Waals surface area contributed by atoms with E-state index in [2.05, 4.69) is 4.98 Å². The molecule has 4 heteroatoms. The maximum atomic E-state index is 8.72. The van der Waals surface area contributed by atoms with Crippen molar-refractivity contribution < 1.29 is 14.6 Å². The Bertz CT molecular complexity index is 485. The van der Waals surface area contributed by atoms with Gasteiger partial charge in [-0.15, -0.1) is 0 Å². The summed E-state index contributed by atoms with van der Waals surface area (Å²) in [5.41, 5.74) is 0.815. The predicted molar refractivity (Wildman–Crippen MR) is 60.9 cm³/mol. The molecule has 0 radical (unpaired) electrons. The van der Waals surface area contributed by atoms with Crippen LogP contribution >= 0.6 is 0 Å². The van der Waals surface area contributed by atoms with Crippen molar-refractivity contribution in [3.05, 3.63) is 30.5 Å². The Morgan fingerprint density at radius 2 is 2.19 bits per heavy atom. The number of aromatic nitrogens is 1. The fraction of sp³-hybridized carbons (Fsp3) is 0.250. The fourth-order valence-corrected chi connectivity index (χ4v) is 1.51. The summed E-state index contributed by atoms with van der Waals surface area (Å²) >= 11 is 0. The zero-order chi connectivity index (χ0) is 11.4. The third-order valence-electron chi connectivity index (χ3n) is 2.26. The molecule has 0 aliphatic carbocycles. The first-order chi connectivity index (χ1) is 7.85. The first-order valence-corrected chi connectivity index (χ1v) is 5.01. The molecule has 4 nitrogen and oxygen atoms in total. The highest BCUT2D eigenvalue weighted by atomic mass is 16.5. The SMILES string of the molecule is COc1ccc2c(OCCO)ccnc2c1. The Hall–Kier alpha value is -1.81. The average Bonchev–Trinajstić information content (AvgIpc) is 2.35. The number of rotatable bonds is 4. The van der Waals surface area contributed by atoms with Gasteiger partial charge in [0.1, 0.15) is 18.1 Å². The maximum absolute atomic E-state index is 8.72. The van der Waals surface area contributed by atoms with Crippen molar-refractivity contribution in [2.75, 3.05) is 20.3 Å². The molecule has 0 aliphatic heterocycles. The number of pyridine rings is 1. The number of hydrogen-bond acceptors (Lipinski definition) is 4. The van der Waals surface area contributed by atoms with Crippen LogP contribution in [0.2, 0.25) is 0 Å². The number of aliphatic hydroxyl groups is 1. The maximum Gasteiger partial charge on any atom is 0.130 e. The lowest BCUT2D eigenvalue weighted by molar-refractivity contribution is 0.203. The van der Waals surface area contributed by atoms with Gasteiger partial charge in [0.05, 0.1) is 19.2 Å². The van der Waals surface area contributed by atoms with Crippen molar-refractivity contribution in [2.24, 2.45) is 0 Å². The predicted octanol–water partition coefficient (Wildman–Crippen LogP) is 1.61. The molecule has 0 bridgehead atoms. The fourth-order valence-electron chi connectivity index (χ4n) is 1.51. The minimum absolute atomic E-state index is 0.0000289. The van der Waals surface area contributed by atoms with Crippen molar-refractivity contribution in [3.63, 3.8) is 0 Å². The van der Waals surface area contributed by atoms with E-state index in [0.717, 1.165) is 22.4 Å². The minimum Gasteiger partial charge on any atom is -0.497 e. The van der Waals surface area contributed by atoms with E-state index in [9.17, 15) is 0 Å². The highest BCUT2D eigenvalue weighted by Crippen LogP contribution is 2.26. The Morgan fingerprint density at radius 1 is 1.31 bits per heavy atom. The molecule has 0 amide bonds. The number of methoxy groups -OCH3 is 1. The van der Waals surface area contributed by atoms with E-state index in [1.165, 1.54) is 0 Å². The molecule has 0 spiro atoms. The van der Waals surface area contributed by atoms with Gasteiger partial charge in [-0.3, -0.25) is 4.98 Å². The van der Waals surface area contributed by atoms with Crippen molar-refractivity contribution in [1.29, 1.82) is 0 Å². The lowest BCUT2D eigenvalue weighted by atomic mass is 10.2. The molecule has 1 aromatic carbocycles. The summed E-state index contributed by atoms with van der Waals surface area (Å²) in [6, 6.07) is 7.38. The second-order valence-electron chi connectivity index (χ2n) is 3.26. The highest BCUT2D eigenvalue weighted by Gasteiger charge is 2.03. The van der Waals surface area contributed by atoms with Gasteiger partial charge in [-0.2, -0.15) is 0 Å². The smallest absolute Gasteiger partial charge is 0.130 e. The zero-order valence-electron chi connectivity index (χ0n) is 9.01. The van der Waals surface area contributed by atoms with Gasteiger partial charge in [0.15, 0.2) is 0 Å². The summed E-state index contributed by atoms with van der Waals surface area (Å²) in [5, 5.41) is 9.63. The van der Waals surface area contributed by atoms with Crippen molar-refractivity contribution in [2.45, 2.75) is 0 Å². The van der Waals surface area contributed by atoms with Crippen molar-refractivity contribution in [3.8, 4) is 11.5 Å². The van der Waals surface area contributed by atoms with E-state index in [1.54, 1.807) is 19.4 Å². The van der Waals surface area contributed by atoms with Crippen LogP contribution in [0, 0.1) is 0 Å². The second kappa shape index (κ2) is 4.81. The molecule has 0 saturated carbocycles. The summed E-state index contributed by atoms with van der Waals surface area (Å²) in [6.07, 6.45) is 1.68. The van der Waals surface area contributed by atoms with Crippen LogP contribution in [0.25, 0.3) is 10.9 Å². The molecule has 16 heavy (non-hydrogen) atoms. The zero-order valence-corrected chi connectivity index (χ0v) is 9.01. The van der Waals surface area contributed by atoms with E-state index in [1.807, 2.05) is 18.2 Å². The molecule has 1 N–H and O–H groups in total. The van der Waals surface area contributed by atoms with Crippen LogP contribution in [-0.4, -0.2) is 30.4 Å². The molecular formula is C12H13NO3. The van der Waals surface area contributed by atoms with Gasteiger partial charge in [-0.1, -0.05) is 0 Å². The largest absolute Gasteiger partial charge is 0.497 e. The lowest BCUT2D eigenvalue weighted by Gasteiger charge is -2.08. The summed E-state index contributed by atoms with van der Waals surface area (Å²) in [6.45, 7) is 0.283. The van der Waals surface area contributed by atoms with Gasteiger partial charge in [0.2, 0.25) is 0 Å². The van der Waals surface area contributed by atoms with E-state index in [4.69, 9.17) is 14.6 Å². The lowest BCUT2D eigenvalue weighted by Crippen LogP contribution is -2.02. The Labute approximate surface area is 93.4 Å². The van der Waals surface area contributed by atoms with E-state index in [0.29, 0.717) is 0 Å². The van der Waals surface area contributed by atoms with Gasteiger partial charge in [0.25, 0.3) is 0 Å². The van der Waals surface area contributed by atoms with Gasteiger partial charge in [0, 0.05) is 17.6 Å². The van der Waals surface area contributed by atoms with Crippen molar-refractivity contribution in [1.82, 2.24) is 4.98 Å². The number of fused-ring (bicyclic) bond motifs is 1. The first kappa shape index (κ1) is 10.7. The van der Waals surface area contributed by atoms with Crippen LogP contribution in [-0.2, 0) is 0 Å². The average molecular weight is 219 g/mol. The number of benzene rings is 1. The number of hydrogen-bond donors (Lipinski definition) is 1. The number of aliphatic hydroxyl groups excluding tert-OH is 1. The molecule has 0 fully saturated rings. The third kappa shape index (κ3) is 2.06. The van der Waals surface area contributed by atoms with E-state index in [-0.39, 0.29) is 13.2 Å². The van der Waals surface area contributed by atoms with Crippen LogP contribution in [0.15, 0.2) is 30.5 Å². The van der Waals surface area contributed by atoms with Crippen LogP contribution in [0.1, 0.15) is 0 Å². The Kier molecular flexibility index (Phi) is 3.22. The van der Waals surface area contributed by atoms with E-state index >= 15 is 0 Å². The standard InChI is InChI=1S/C12H13NO3/c1-15-9-2-3-10-11(8-9)13-5-4-12(10)16-7-6-14/h2-5,8,14H,6-7H2,1H3. The summed E-state index contributed by atoms with van der Waals surface area (Å²) in [7, 11) is 1.62. The second-order valence-corrected chi connectivity index (χ2v) is 3.26. The summed E-state index contributed by atoms with van der Waals surface area (Å²) in [4.78, 5) is 4.24. The summed E-state index contributed by atoms with van der Waals surface area (Å²) in [5.74, 6) is 1.49. The van der Waals surface area contributed by atoms with E-state index < -0.39 is 0 Å².